The first-order valence-electron chi connectivity index (χ1n) is 12.8. The Morgan fingerprint density at radius 3 is 2.17 bits per heavy atom. The molecule has 0 amide bonds. The molecule has 8 rings (SSSR count). The maximum absolute atomic E-state index is 13.6. The summed E-state index contributed by atoms with van der Waals surface area (Å²) in [6, 6.07) is 0. The van der Waals surface area contributed by atoms with Gasteiger partial charge in [0.1, 0.15) is 5.60 Å². The van der Waals surface area contributed by atoms with Gasteiger partial charge in [-0.15, -0.1) is 0 Å². The molecule has 1 N–H and O–H groups in total. The van der Waals surface area contributed by atoms with Crippen LogP contribution >= 0.6 is 0 Å². The Kier molecular flexibility index (Phi) is 3.48. The molecule has 30 heavy (non-hydrogen) atoms. The first-order valence-corrected chi connectivity index (χ1v) is 12.8. The van der Waals surface area contributed by atoms with Gasteiger partial charge in [-0.2, -0.15) is 0 Å². The molecule has 8 bridgehead atoms. The summed E-state index contributed by atoms with van der Waals surface area (Å²) in [6.45, 7) is 4.92. The molecule has 4 nitrogen and oxygen atoms in total. The van der Waals surface area contributed by atoms with E-state index in [1.54, 1.807) is 0 Å². The Bertz CT molecular complexity index is 804. The summed E-state index contributed by atoms with van der Waals surface area (Å²) in [7, 11) is 0. The summed E-state index contributed by atoms with van der Waals surface area (Å²) < 4.78 is 6.44. The molecule has 0 aliphatic heterocycles. The van der Waals surface area contributed by atoms with E-state index in [-0.39, 0.29) is 11.9 Å². The van der Waals surface area contributed by atoms with Gasteiger partial charge < -0.3 is 9.84 Å². The summed E-state index contributed by atoms with van der Waals surface area (Å²) in [5.74, 6) is 6.69. The summed E-state index contributed by atoms with van der Waals surface area (Å²) in [4.78, 5) is 25.7. The van der Waals surface area contributed by atoms with Crippen molar-refractivity contribution in [3.05, 3.63) is 0 Å². The Hall–Kier alpha value is -1.06. The van der Waals surface area contributed by atoms with Gasteiger partial charge in [-0.1, -0.05) is 13.8 Å². The number of carbonyl (C=O) groups is 2. The fraction of sp³-hybridized carbons (Fsp3) is 0.923. The number of aliphatic carboxylic acids is 1. The van der Waals surface area contributed by atoms with Crippen molar-refractivity contribution in [2.45, 2.75) is 77.2 Å². The van der Waals surface area contributed by atoms with E-state index in [2.05, 4.69) is 13.8 Å². The van der Waals surface area contributed by atoms with Crippen molar-refractivity contribution in [2.75, 3.05) is 0 Å². The number of fused-ring (bicyclic) bond motifs is 9. The van der Waals surface area contributed by atoms with Crippen LogP contribution in [0.5, 0.6) is 0 Å². The van der Waals surface area contributed by atoms with Gasteiger partial charge in [0, 0.05) is 6.42 Å². The lowest BCUT2D eigenvalue weighted by Gasteiger charge is -2.59. The average Bonchev–Trinajstić information content (AvgIpc) is 3.40. The standard InChI is InChI=1S/C26H36O4/c1-12-13(2)18-6-17(12)21-16-4-19(22(18)21)20(5-16)23(27)30-26-9-14-3-15(10-26)8-25(7-14,11-26)24(28)29/h12-22H,3-11H2,1-2H3,(H,28,29). The van der Waals surface area contributed by atoms with Gasteiger partial charge in [-0.05, 0) is 111 Å². The fourth-order valence-corrected chi connectivity index (χ4v) is 11.3. The van der Waals surface area contributed by atoms with Crippen LogP contribution in [0.3, 0.4) is 0 Å². The van der Waals surface area contributed by atoms with Crippen molar-refractivity contribution in [2.24, 2.45) is 70.5 Å². The van der Waals surface area contributed by atoms with E-state index in [0.717, 1.165) is 80.0 Å². The quantitative estimate of drug-likeness (QED) is 0.536. The largest absolute Gasteiger partial charge is 0.481 e. The van der Waals surface area contributed by atoms with Gasteiger partial charge in [0.2, 0.25) is 0 Å². The van der Waals surface area contributed by atoms with E-state index in [4.69, 9.17) is 4.74 Å². The van der Waals surface area contributed by atoms with Crippen LogP contribution in [0.25, 0.3) is 0 Å². The van der Waals surface area contributed by atoms with Crippen LogP contribution < -0.4 is 0 Å². The number of carboxylic acids is 1. The normalized spacial score (nSPS) is 61.5. The predicted molar refractivity (Wildman–Crippen MR) is 110 cm³/mol. The number of hydrogen-bond acceptors (Lipinski definition) is 3. The smallest absolute Gasteiger partial charge is 0.309 e. The molecule has 0 radical (unpaired) electrons. The second-order valence-electron chi connectivity index (χ2n) is 13.1. The van der Waals surface area contributed by atoms with Crippen molar-refractivity contribution in [1.82, 2.24) is 0 Å². The van der Waals surface area contributed by atoms with E-state index in [0.29, 0.717) is 24.2 Å². The second-order valence-corrected chi connectivity index (χ2v) is 13.1. The van der Waals surface area contributed by atoms with Gasteiger partial charge in [0.05, 0.1) is 11.3 Å². The molecule has 8 saturated carbocycles. The highest BCUT2D eigenvalue weighted by Gasteiger charge is 2.68. The van der Waals surface area contributed by atoms with Crippen molar-refractivity contribution >= 4 is 11.9 Å². The third-order valence-electron chi connectivity index (χ3n) is 11.9. The zero-order valence-corrected chi connectivity index (χ0v) is 18.4. The molecule has 0 saturated heterocycles. The SMILES string of the molecule is CC1C(C)C2CC1C1C3CC(C(=O)OC45CC6CC(C4)CC(C(=O)O)(C6)C5)C(C3)C21. The highest BCUT2D eigenvalue weighted by atomic mass is 16.6. The number of ether oxygens (including phenoxy) is 1. The summed E-state index contributed by atoms with van der Waals surface area (Å²) in [5.41, 5.74) is -1.10. The molecular formula is C26H36O4. The van der Waals surface area contributed by atoms with Gasteiger partial charge in [-0.3, -0.25) is 9.59 Å². The Balaban J connectivity index is 1.12. The summed E-state index contributed by atoms with van der Waals surface area (Å²) in [6.07, 6.45) is 8.84. The van der Waals surface area contributed by atoms with Crippen molar-refractivity contribution < 1.29 is 19.4 Å². The highest BCUT2D eigenvalue weighted by molar-refractivity contribution is 5.77. The molecule has 0 spiro atoms. The van der Waals surface area contributed by atoms with Crippen molar-refractivity contribution in [3.63, 3.8) is 0 Å². The van der Waals surface area contributed by atoms with Crippen LogP contribution in [-0.4, -0.2) is 22.6 Å². The van der Waals surface area contributed by atoms with Crippen LogP contribution in [0.2, 0.25) is 0 Å². The third-order valence-corrected chi connectivity index (χ3v) is 11.9. The minimum atomic E-state index is -0.648. The Labute approximate surface area is 179 Å². The zero-order valence-electron chi connectivity index (χ0n) is 18.4. The lowest BCUT2D eigenvalue weighted by molar-refractivity contribution is -0.214. The minimum absolute atomic E-state index is 0.0481. The van der Waals surface area contributed by atoms with Gasteiger partial charge >= 0.3 is 11.9 Å². The molecule has 4 heteroatoms. The Morgan fingerprint density at radius 2 is 1.50 bits per heavy atom. The number of rotatable bonds is 3. The van der Waals surface area contributed by atoms with Crippen molar-refractivity contribution in [1.29, 1.82) is 0 Å². The van der Waals surface area contributed by atoms with E-state index in [1.165, 1.54) is 12.8 Å². The van der Waals surface area contributed by atoms with E-state index in [9.17, 15) is 14.7 Å². The minimum Gasteiger partial charge on any atom is -0.481 e. The third kappa shape index (κ3) is 2.14. The second kappa shape index (κ2) is 5.64. The molecule has 11 unspecified atom stereocenters. The molecule has 8 aliphatic rings. The molecule has 0 aromatic carbocycles. The van der Waals surface area contributed by atoms with Crippen LogP contribution in [0, 0.1) is 70.5 Å². The van der Waals surface area contributed by atoms with Crippen molar-refractivity contribution in [3.8, 4) is 0 Å². The van der Waals surface area contributed by atoms with Crippen LogP contribution in [0.15, 0.2) is 0 Å². The highest BCUT2D eigenvalue weighted by Crippen LogP contribution is 2.71. The molecule has 0 aromatic heterocycles. The maximum atomic E-state index is 13.6. The van der Waals surface area contributed by atoms with Gasteiger partial charge in [0.15, 0.2) is 0 Å². The molecule has 8 aliphatic carbocycles. The molecule has 11 atom stereocenters. The van der Waals surface area contributed by atoms with Crippen LogP contribution in [0.4, 0.5) is 0 Å². The average molecular weight is 413 g/mol. The van der Waals surface area contributed by atoms with Gasteiger partial charge in [0.25, 0.3) is 0 Å². The molecule has 0 heterocycles. The zero-order chi connectivity index (χ0) is 20.6. The lowest BCUT2D eigenvalue weighted by atomic mass is 9.48. The molecular weight excluding hydrogens is 376 g/mol. The Morgan fingerprint density at radius 1 is 0.833 bits per heavy atom. The van der Waals surface area contributed by atoms with E-state index < -0.39 is 17.0 Å². The number of carboxylic acid groups (broad SMARTS) is 1. The summed E-state index contributed by atoms with van der Waals surface area (Å²) >= 11 is 0. The fourth-order valence-electron chi connectivity index (χ4n) is 11.3. The first-order chi connectivity index (χ1) is 14.3. The van der Waals surface area contributed by atoms with E-state index in [1.807, 2.05) is 0 Å². The number of esters is 1. The van der Waals surface area contributed by atoms with Crippen LogP contribution in [0.1, 0.15) is 71.6 Å². The van der Waals surface area contributed by atoms with Gasteiger partial charge in [-0.25, -0.2) is 0 Å². The number of carbonyl (C=O) groups excluding carboxylic acids is 1. The topological polar surface area (TPSA) is 63.6 Å². The maximum Gasteiger partial charge on any atom is 0.309 e. The monoisotopic (exact) mass is 412 g/mol. The molecule has 0 aromatic rings. The molecule has 8 fully saturated rings. The predicted octanol–water partition coefficient (Wildman–Crippen LogP) is 4.76. The first kappa shape index (κ1) is 18.5. The van der Waals surface area contributed by atoms with E-state index >= 15 is 0 Å². The number of hydrogen-bond donors (Lipinski definition) is 1. The van der Waals surface area contributed by atoms with Crippen LogP contribution in [-0.2, 0) is 14.3 Å². The lowest BCUT2D eigenvalue weighted by Crippen LogP contribution is -2.60. The molecule has 164 valence electrons. The summed E-state index contributed by atoms with van der Waals surface area (Å²) in [5, 5.41) is 9.99.